The van der Waals surface area contributed by atoms with E-state index in [9.17, 15) is 18.4 Å². The van der Waals surface area contributed by atoms with Crippen molar-refractivity contribution in [3.8, 4) is 0 Å². The van der Waals surface area contributed by atoms with E-state index >= 15 is 0 Å². The Hall–Kier alpha value is -2.41. The highest BCUT2D eigenvalue weighted by Gasteiger charge is 2.18. The van der Waals surface area contributed by atoms with Crippen LogP contribution in [0.3, 0.4) is 0 Å². The van der Waals surface area contributed by atoms with E-state index in [1.165, 1.54) is 22.7 Å². The van der Waals surface area contributed by atoms with Gasteiger partial charge in [0.1, 0.15) is 17.3 Å². The zero-order valence-corrected chi connectivity index (χ0v) is 15.4. The number of anilines is 1. The van der Waals surface area contributed by atoms with E-state index < -0.39 is 23.2 Å². The van der Waals surface area contributed by atoms with Crippen molar-refractivity contribution in [2.24, 2.45) is 0 Å². The average molecular weight is 378 g/mol. The SMILES string of the molecule is CCN(CC(=O)Nc1c(F)cccc1F)C(=O)CSc1ccc(C)cc1. The van der Waals surface area contributed by atoms with Crippen molar-refractivity contribution in [1.29, 1.82) is 0 Å². The number of benzene rings is 2. The number of hydrogen-bond acceptors (Lipinski definition) is 3. The highest BCUT2D eigenvalue weighted by Crippen LogP contribution is 2.19. The highest BCUT2D eigenvalue weighted by atomic mass is 32.2. The van der Waals surface area contributed by atoms with Gasteiger partial charge in [0, 0.05) is 11.4 Å². The molecule has 0 spiro atoms. The lowest BCUT2D eigenvalue weighted by Crippen LogP contribution is -2.39. The molecule has 2 amide bonds. The molecule has 2 aromatic rings. The van der Waals surface area contributed by atoms with E-state index in [2.05, 4.69) is 5.32 Å². The van der Waals surface area contributed by atoms with Gasteiger partial charge in [-0.25, -0.2) is 8.78 Å². The number of hydrogen-bond donors (Lipinski definition) is 1. The Morgan fingerprint density at radius 3 is 2.27 bits per heavy atom. The molecule has 138 valence electrons. The van der Waals surface area contributed by atoms with Crippen LogP contribution in [0, 0.1) is 18.6 Å². The van der Waals surface area contributed by atoms with Crippen LogP contribution in [-0.2, 0) is 9.59 Å². The smallest absolute Gasteiger partial charge is 0.244 e. The lowest BCUT2D eigenvalue weighted by molar-refractivity contribution is -0.132. The number of nitrogens with one attached hydrogen (secondary N) is 1. The first-order valence-corrected chi connectivity index (χ1v) is 9.10. The molecule has 7 heteroatoms. The summed E-state index contributed by atoms with van der Waals surface area (Å²) in [6, 6.07) is 11.1. The van der Waals surface area contributed by atoms with Gasteiger partial charge in [0.2, 0.25) is 11.8 Å². The van der Waals surface area contributed by atoms with Gasteiger partial charge in [0.05, 0.1) is 12.3 Å². The maximum atomic E-state index is 13.6. The monoisotopic (exact) mass is 378 g/mol. The second-order valence-corrected chi connectivity index (χ2v) is 6.70. The highest BCUT2D eigenvalue weighted by molar-refractivity contribution is 8.00. The number of likely N-dealkylation sites (N-methyl/N-ethyl adjacent to an activating group) is 1. The van der Waals surface area contributed by atoms with Crippen LogP contribution in [-0.4, -0.2) is 35.6 Å². The van der Waals surface area contributed by atoms with Crippen LogP contribution in [0.4, 0.5) is 14.5 Å². The Morgan fingerprint density at radius 1 is 1.08 bits per heavy atom. The lowest BCUT2D eigenvalue weighted by Gasteiger charge is -2.20. The first-order valence-electron chi connectivity index (χ1n) is 8.11. The number of halogens is 2. The summed E-state index contributed by atoms with van der Waals surface area (Å²) in [4.78, 5) is 26.7. The van der Waals surface area contributed by atoms with Crippen LogP contribution in [0.25, 0.3) is 0 Å². The van der Waals surface area contributed by atoms with Crippen LogP contribution in [0.15, 0.2) is 47.4 Å². The standard InChI is InChI=1S/C19H20F2N2O2S/c1-3-23(18(25)12-26-14-9-7-13(2)8-10-14)11-17(24)22-19-15(20)5-4-6-16(19)21/h4-10H,3,11-12H2,1-2H3,(H,22,24). The molecule has 0 unspecified atom stereocenters. The number of amides is 2. The summed E-state index contributed by atoms with van der Waals surface area (Å²) in [5, 5.41) is 2.19. The van der Waals surface area contributed by atoms with Crippen LogP contribution < -0.4 is 5.32 Å². The summed E-state index contributed by atoms with van der Waals surface area (Å²) in [6.45, 7) is 3.78. The lowest BCUT2D eigenvalue weighted by atomic mass is 10.2. The summed E-state index contributed by atoms with van der Waals surface area (Å²) >= 11 is 1.37. The first-order chi connectivity index (χ1) is 12.4. The molecule has 4 nitrogen and oxygen atoms in total. The maximum absolute atomic E-state index is 13.6. The molecule has 2 rings (SSSR count). The summed E-state index contributed by atoms with van der Waals surface area (Å²) in [7, 11) is 0. The Morgan fingerprint density at radius 2 is 1.69 bits per heavy atom. The molecule has 1 N–H and O–H groups in total. The van der Waals surface area contributed by atoms with E-state index in [0.29, 0.717) is 6.54 Å². The quantitative estimate of drug-likeness (QED) is 0.745. The minimum atomic E-state index is -0.859. The fraction of sp³-hybridized carbons (Fsp3) is 0.263. The van der Waals surface area contributed by atoms with Gasteiger partial charge in [-0.1, -0.05) is 23.8 Å². The van der Waals surface area contributed by atoms with Crippen molar-refractivity contribution in [3.05, 3.63) is 59.7 Å². The van der Waals surface area contributed by atoms with E-state index in [1.807, 2.05) is 31.2 Å². The van der Waals surface area contributed by atoms with Crippen molar-refractivity contribution in [3.63, 3.8) is 0 Å². The normalized spacial score (nSPS) is 10.5. The topological polar surface area (TPSA) is 49.4 Å². The molecule has 0 atom stereocenters. The Kier molecular flexibility index (Phi) is 7.15. The van der Waals surface area contributed by atoms with E-state index in [0.717, 1.165) is 22.6 Å². The van der Waals surface area contributed by atoms with Crippen molar-refractivity contribution in [1.82, 2.24) is 4.90 Å². The van der Waals surface area contributed by atoms with Gasteiger partial charge < -0.3 is 10.2 Å². The average Bonchev–Trinajstić information content (AvgIpc) is 2.62. The largest absolute Gasteiger partial charge is 0.333 e. The van der Waals surface area contributed by atoms with Crippen molar-refractivity contribution < 1.29 is 18.4 Å². The fourth-order valence-corrected chi connectivity index (χ4v) is 3.02. The molecule has 0 aliphatic carbocycles. The number of carbonyl (C=O) groups excluding carboxylic acids is 2. The molecule has 0 bridgehead atoms. The summed E-state index contributed by atoms with van der Waals surface area (Å²) < 4.78 is 27.2. The Bertz CT molecular complexity index is 761. The van der Waals surface area contributed by atoms with Crippen molar-refractivity contribution >= 4 is 29.3 Å². The molecular weight excluding hydrogens is 358 g/mol. The molecular formula is C19H20F2N2O2S. The van der Waals surface area contributed by atoms with Gasteiger partial charge in [-0.3, -0.25) is 9.59 Å². The predicted molar refractivity (Wildman–Crippen MR) is 99.1 cm³/mol. The molecule has 0 aromatic heterocycles. The summed E-state index contributed by atoms with van der Waals surface area (Å²) in [6.07, 6.45) is 0. The second kappa shape index (κ2) is 9.33. The third kappa shape index (κ3) is 5.56. The van der Waals surface area contributed by atoms with Crippen molar-refractivity contribution in [2.75, 3.05) is 24.2 Å². The van der Waals surface area contributed by atoms with Gasteiger partial charge >= 0.3 is 0 Å². The fourth-order valence-electron chi connectivity index (χ4n) is 2.22. The zero-order valence-electron chi connectivity index (χ0n) is 14.6. The Balaban J connectivity index is 1.91. The first kappa shape index (κ1) is 19.9. The zero-order chi connectivity index (χ0) is 19.1. The number of rotatable bonds is 7. The van der Waals surface area contributed by atoms with Crippen LogP contribution in [0.2, 0.25) is 0 Å². The Labute approximate surface area is 155 Å². The number of nitrogens with zero attached hydrogens (tertiary/aromatic N) is 1. The van der Waals surface area contributed by atoms with Crippen LogP contribution in [0.5, 0.6) is 0 Å². The second-order valence-electron chi connectivity index (χ2n) is 5.65. The molecule has 0 fully saturated rings. The van der Waals surface area contributed by atoms with Gasteiger partial charge in [0.15, 0.2) is 0 Å². The predicted octanol–water partition coefficient (Wildman–Crippen LogP) is 3.85. The molecule has 2 aromatic carbocycles. The van der Waals surface area contributed by atoms with Crippen LogP contribution in [0.1, 0.15) is 12.5 Å². The maximum Gasteiger partial charge on any atom is 0.244 e. The molecule has 0 radical (unpaired) electrons. The molecule has 0 heterocycles. The number of aryl methyl sites for hydroxylation is 1. The van der Waals surface area contributed by atoms with E-state index in [-0.39, 0.29) is 18.2 Å². The van der Waals surface area contributed by atoms with Gasteiger partial charge in [-0.05, 0) is 38.1 Å². The van der Waals surface area contributed by atoms with Crippen molar-refractivity contribution in [2.45, 2.75) is 18.7 Å². The third-order valence-electron chi connectivity index (χ3n) is 3.68. The molecule has 0 aliphatic heterocycles. The summed E-state index contributed by atoms with van der Waals surface area (Å²) in [5.41, 5.74) is 0.628. The number of para-hydroxylation sites is 1. The minimum Gasteiger partial charge on any atom is -0.333 e. The molecule has 0 aliphatic rings. The number of thioether (sulfide) groups is 1. The molecule has 26 heavy (non-hydrogen) atoms. The van der Waals surface area contributed by atoms with E-state index in [1.54, 1.807) is 6.92 Å². The molecule has 0 saturated carbocycles. The van der Waals surface area contributed by atoms with E-state index in [4.69, 9.17) is 0 Å². The number of carbonyl (C=O) groups is 2. The third-order valence-corrected chi connectivity index (χ3v) is 4.68. The van der Waals surface area contributed by atoms with Gasteiger partial charge in [-0.15, -0.1) is 11.8 Å². The minimum absolute atomic E-state index is 0.179. The van der Waals surface area contributed by atoms with Crippen LogP contribution >= 0.6 is 11.8 Å². The molecule has 0 saturated heterocycles. The van der Waals surface area contributed by atoms with Gasteiger partial charge in [-0.2, -0.15) is 0 Å². The van der Waals surface area contributed by atoms with Gasteiger partial charge in [0.25, 0.3) is 0 Å². The summed E-state index contributed by atoms with van der Waals surface area (Å²) in [5.74, 6) is -2.41.